The number of rotatable bonds is 0. The van der Waals surface area contributed by atoms with Gasteiger partial charge < -0.3 is 0 Å². The van der Waals surface area contributed by atoms with Crippen molar-refractivity contribution in [3.05, 3.63) is 48.6 Å². The minimum absolute atomic E-state index is 0.843. The molecule has 0 aliphatic heterocycles. The Kier molecular flexibility index (Phi) is 3.56. The van der Waals surface area contributed by atoms with Gasteiger partial charge in [-0.3, -0.25) is 10.1 Å². The molecule has 0 aliphatic rings. The van der Waals surface area contributed by atoms with E-state index in [2.05, 4.69) is 10.1 Å². The molecule has 0 radical (unpaired) electrons. The highest BCUT2D eigenvalue weighted by atomic mass is 19.2. The van der Waals surface area contributed by atoms with Crippen LogP contribution in [0.3, 0.4) is 0 Å². The van der Waals surface area contributed by atoms with Crippen molar-refractivity contribution in [1.29, 1.82) is 0 Å². The van der Waals surface area contributed by atoms with E-state index in [4.69, 9.17) is 0 Å². The van der Waals surface area contributed by atoms with Gasteiger partial charge in [0.15, 0.2) is 5.82 Å². The van der Waals surface area contributed by atoms with Crippen LogP contribution in [0.25, 0.3) is 0 Å². The summed E-state index contributed by atoms with van der Waals surface area (Å²) in [6, 6.07) is 5.72. The lowest BCUT2D eigenvalue weighted by Crippen LogP contribution is -1.73. The van der Waals surface area contributed by atoms with Gasteiger partial charge in [-0.1, -0.05) is 6.07 Å². The normalized spacial score (nSPS) is 8.77. The summed E-state index contributed by atoms with van der Waals surface area (Å²) < 4.78 is 23.2. The van der Waals surface area contributed by atoms with Crippen LogP contribution < -0.4 is 0 Å². The molecule has 0 atom stereocenters. The lowest BCUT2D eigenvalue weighted by molar-refractivity contribution is 0.490. The first-order valence-electron chi connectivity index (χ1n) is 3.50. The number of nitrogens with one attached hydrogen (secondary N) is 1. The Morgan fingerprint density at radius 3 is 1.92 bits per heavy atom. The fourth-order valence-corrected chi connectivity index (χ4v) is 0.571. The van der Waals surface area contributed by atoms with Crippen LogP contribution in [0.4, 0.5) is 8.78 Å². The Hall–Kier alpha value is -1.78. The van der Waals surface area contributed by atoms with Gasteiger partial charge in [-0.25, -0.2) is 4.39 Å². The van der Waals surface area contributed by atoms with Gasteiger partial charge in [-0.05, 0) is 12.1 Å². The van der Waals surface area contributed by atoms with E-state index in [-0.39, 0.29) is 0 Å². The fraction of sp³-hybridized carbons (Fsp3) is 0. The van der Waals surface area contributed by atoms with Crippen molar-refractivity contribution in [2.24, 2.45) is 0 Å². The van der Waals surface area contributed by atoms with Crippen LogP contribution >= 0.6 is 0 Å². The van der Waals surface area contributed by atoms with Crippen molar-refractivity contribution in [2.45, 2.75) is 0 Å². The summed E-state index contributed by atoms with van der Waals surface area (Å²) >= 11 is 0. The zero-order chi connectivity index (χ0) is 9.52. The largest absolute Gasteiger partial charge is 0.280 e. The second kappa shape index (κ2) is 4.97. The number of nitrogens with zero attached hydrogens (tertiary/aromatic N) is 2. The second-order valence-corrected chi connectivity index (χ2v) is 2.05. The minimum atomic E-state index is -1.08. The summed E-state index contributed by atoms with van der Waals surface area (Å²) in [5.41, 5.74) is 0. The highest BCUT2D eigenvalue weighted by Crippen LogP contribution is 1.95. The maximum absolute atomic E-state index is 11.6. The van der Waals surface area contributed by atoms with Gasteiger partial charge in [0, 0.05) is 12.4 Å². The molecule has 2 aromatic rings. The first kappa shape index (κ1) is 9.31. The molecule has 3 nitrogen and oxygen atoms in total. The number of aromatic nitrogens is 3. The quantitative estimate of drug-likeness (QED) is 0.676. The molecule has 1 N–H and O–H groups in total. The van der Waals surface area contributed by atoms with Crippen LogP contribution in [0.2, 0.25) is 0 Å². The highest BCUT2D eigenvalue weighted by Gasteiger charge is 1.98. The maximum atomic E-state index is 11.6. The van der Waals surface area contributed by atoms with E-state index in [1.807, 2.05) is 23.3 Å². The first-order valence-corrected chi connectivity index (χ1v) is 3.50. The molecule has 68 valence electrons. The van der Waals surface area contributed by atoms with Crippen LogP contribution in [0, 0.1) is 11.8 Å². The molecular formula is C8H7F2N3. The van der Waals surface area contributed by atoms with Crippen LogP contribution in [0.5, 0.6) is 0 Å². The average Bonchev–Trinajstić information content (AvgIpc) is 2.55. The molecule has 13 heavy (non-hydrogen) atoms. The van der Waals surface area contributed by atoms with E-state index < -0.39 is 11.8 Å². The molecule has 0 saturated heterocycles. The van der Waals surface area contributed by atoms with Gasteiger partial charge in [0.05, 0.1) is 6.20 Å². The van der Waals surface area contributed by atoms with E-state index in [0.717, 1.165) is 6.20 Å². The van der Waals surface area contributed by atoms with Crippen molar-refractivity contribution in [3.8, 4) is 0 Å². The monoisotopic (exact) mass is 183 g/mol. The number of aromatic amines is 1. The standard InChI is InChI=1S/C5H5N.C3H2F2N2/c1-2-4-6-5-3-1;4-2-1-6-7-3(2)5/h1-5H;1H,(H,6,7). The van der Waals surface area contributed by atoms with Crippen LogP contribution in [0.15, 0.2) is 36.8 Å². The third kappa shape index (κ3) is 3.42. The van der Waals surface area contributed by atoms with Crippen LogP contribution in [0.1, 0.15) is 0 Å². The molecular weight excluding hydrogens is 176 g/mol. The number of halogens is 2. The van der Waals surface area contributed by atoms with Crippen molar-refractivity contribution in [3.63, 3.8) is 0 Å². The van der Waals surface area contributed by atoms with Gasteiger partial charge in [0.1, 0.15) is 0 Å². The zero-order valence-electron chi connectivity index (χ0n) is 6.61. The molecule has 0 aliphatic carbocycles. The zero-order valence-corrected chi connectivity index (χ0v) is 6.61. The Morgan fingerprint density at radius 2 is 1.77 bits per heavy atom. The van der Waals surface area contributed by atoms with E-state index in [0.29, 0.717) is 0 Å². The van der Waals surface area contributed by atoms with Crippen molar-refractivity contribution < 1.29 is 8.78 Å². The Balaban J connectivity index is 0.000000132. The van der Waals surface area contributed by atoms with E-state index >= 15 is 0 Å². The predicted octanol–water partition coefficient (Wildman–Crippen LogP) is 1.77. The molecule has 2 heterocycles. The molecule has 0 fully saturated rings. The van der Waals surface area contributed by atoms with Crippen LogP contribution in [-0.4, -0.2) is 15.2 Å². The Morgan fingerprint density at radius 1 is 1.08 bits per heavy atom. The number of hydrogen-bond donors (Lipinski definition) is 1. The SMILES string of the molecule is Fc1c[nH]nc1F.c1ccncc1. The fourth-order valence-electron chi connectivity index (χ4n) is 0.571. The van der Waals surface area contributed by atoms with Crippen molar-refractivity contribution >= 4 is 0 Å². The van der Waals surface area contributed by atoms with Gasteiger partial charge in [-0.2, -0.15) is 4.39 Å². The number of pyridine rings is 1. The summed E-state index contributed by atoms with van der Waals surface area (Å²) in [5.74, 6) is -2.03. The molecule has 0 amide bonds. The summed E-state index contributed by atoms with van der Waals surface area (Å²) in [7, 11) is 0. The van der Waals surface area contributed by atoms with E-state index in [1.54, 1.807) is 12.4 Å². The number of H-pyrrole nitrogens is 1. The molecule has 0 bridgehead atoms. The summed E-state index contributed by atoms with van der Waals surface area (Å²) in [5, 5.41) is 4.85. The van der Waals surface area contributed by atoms with Gasteiger partial charge in [-0.15, -0.1) is 5.10 Å². The molecule has 0 spiro atoms. The highest BCUT2D eigenvalue weighted by molar-refractivity contribution is 4.88. The molecule has 0 saturated carbocycles. The Labute approximate surface area is 73.4 Å². The third-order valence-corrected chi connectivity index (χ3v) is 1.12. The first-order chi connectivity index (χ1) is 6.30. The topological polar surface area (TPSA) is 41.6 Å². The van der Waals surface area contributed by atoms with E-state index in [9.17, 15) is 8.78 Å². The number of hydrogen-bond acceptors (Lipinski definition) is 2. The molecule has 2 rings (SSSR count). The van der Waals surface area contributed by atoms with Crippen molar-refractivity contribution in [2.75, 3.05) is 0 Å². The molecule has 5 heteroatoms. The van der Waals surface area contributed by atoms with E-state index in [1.165, 1.54) is 0 Å². The summed E-state index contributed by atoms with van der Waals surface area (Å²) in [6.45, 7) is 0. The maximum Gasteiger partial charge on any atom is 0.267 e. The smallest absolute Gasteiger partial charge is 0.267 e. The molecule has 0 unspecified atom stereocenters. The van der Waals surface area contributed by atoms with Gasteiger partial charge in [0.25, 0.3) is 5.95 Å². The lowest BCUT2D eigenvalue weighted by Gasteiger charge is -1.70. The molecule has 0 aromatic carbocycles. The Bertz CT molecular complexity index is 291. The lowest BCUT2D eigenvalue weighted by atomic mass is 10.5. The average molecular weight is 183 g/mol. The summed E-state index contributed by atoms with van der Waals surface area (Å²) in [4.78, 5) is 3.78. The predicted molar refractivity (Wildman–Crippen MR) is 42.7 cm³/mol. The minimum Gasteiger partial charge on any atom is -0.280 e. The molecule has 2 aromatic heterocycles. The van der Waals surface area contributed by atoms with Gasteiger partial charge >= 0.3 is 0 Å². The second-order valence-electron chi connectivity index (χ2n) is 2.05. The van der Waals surface area contributed by atoms with Crippen molar-refractivity contribution in [1.82, 2.24) is 15.2 Å². The van der Waals surface area contributed by atoms with Crippen LogP contribution in [-0.2, 0) is 0 Å². The third-order valence-electron chi connectivity index (χ3n) is 1.12. The summed E-state index contributed by atoms with van der Waals surface area (Å²) in [6.07, 6.45) is 4.34. The van der Waals surface area contributed by atoms with Gasteiger partial charge in [0.2, 0.25) is 0 Å².